The number of hydrogen-bond donors (Lipinski definition) is 2. The molecule has 0 saturated carbocycles. The van der Waals surface area contributed by atoms with Crippen LogP contribution in [-0.2, 0) is 6.54 Å². The minimum absolute atomic E-state index is 0.544. The maximum absolute atomic E-state index is 5.53. The van der Waals surface area contributed by atoms with Crippen molar-refractivity contribution < 1.29 is 0 Å². The van der Waals surface area contributed by atoms with E-state index in [4.69, 9.17) is 5.73 Å². The zero-order valence-electron chi connectivity index (χ0n) is 8.46. The van der Waals surface area contributed by atoms with Crippen molar-refractivity contribution in [3.8, 4) is 0 Å². The third-order valence-electron chi connectivity index (χ3n) is 2.11. The van der Waals surface area contributed by atoms with Crippen molar-refractivity contribution in [2.24, 2.45) is 11.7 Å². The van der Waals surface area contributed by atoms with E-state index in [0.717, 1.165) is 24.1 Å². The first-order valence-electron chi connectivity index (χ1n) is 4.87. The molecule has 0 amide bonds. The quantitative estimate of drug-likeness (QED) is 0.848. The minimum Gasteiger partial charge on any atom is -0.330 e. The first kappa shape index (κ1) is 11.7. The lowest BCUT2D eigenvalue weighted by molar-refractivity contribution is 0.522. The molecule has 1 unspecified atom stereocenters. The van der Waals surface area contributed by atoms with E-state index in [1.165, 1.54) is 5.56 Å². The average Bonchev–Trinajstić information content (AvgIpc) is 2.17. The average molecular weight is 257 g/mol. The summed E-state index contributed by atoms with van der Waals surface area (Å²) < 4.78 is 1.13. The molecule has 0 aromatic heterocycles. The first-order chi connectivity index (χ1) is 6.72. The second-order valence-electron chi connectivity index (χ2n) is 3.60. The highest BCUT2D eigenvalue weighted by Gasteiger charge is 1.98. The van der Waals surface area contributed by atoms with Crippen LogP contribution >= 0.6 is 15.9 Å². The molecule has 0 aliphatic rings. The number of halogens is 1. The maximum Gasteiger partial charge on any atom is 0.0206 e. The smallest absolute Gasteiger partial charge is 0.0206 e. The number of nitrogens with one attached hydrogen (secondary N) is 1. The highest BCUT2D eigenvalue weighted by Crippen LogP contribution is 2.11. The fraction of sp³-hybridized carbons (Fsp3) is 0.455. The Hall–Kier alpha value is -0.380. The predicted octanol–water partition coefficient (Wildman–Crippen LogP) is 2.13. The molecule has 0 bridgehead atoms. The highest BCUT2D eigenvalue weighted by atomic mass is 79.9. The summed E-state index contributed by atoms with van der Waals surface area (Å²) in [6, 6.07) is 8.32. The molecular formula is C11H17BrN2. The van der Waals surface area contributed by atoms with E-state index < -0.39 is 0 Å². The standard InChI is InChI=1S/C11H17BrN2/c1-9(6-13)7-14-8-10-3-2-4-11(12)5-10/h2-5,9,14H,6-8,13H2,1H3. The second-order valence-corrected chi connectivity index (χ2v) is 4.52. The largest absolute Gasteiger partial charge is 0.330 e. The maximum atomic E-state index is 5.53. The van der Waals surface area contributed by atoms with Gasteiger partial charge in [-0.25, -0.2) is 0 Å². The van der Waals surface area contributed by atoms with Gasteiger partial charge in [0.25, 0.3) is 0 Å². The van der Waals surface area contributed by atoms with Crippen LogP contribution in [0.15, 0.2) is 28.7 Å². The molecule has 1 aromatic rings. The Labute approximate surface area is 94.0 Å². The van der Waals surface area contributed by atoms with Crippen LogP contribution in [0.4, 0.5) is 0 Å². The number of nitrogens with two attached hydrogens (primary N) is 1. The molecule has 0 spiro atoms. The minimum atomic E-state index is 0.544. The molecule has 2 nitrogen and oxygen atoms in total. The Kier molecular flexibility index (Phi) is 5.15. The van der Waals surface area contributed by atoms with Crippen LogP contribution in [0.3, 0.4) is 0 Å². The van der Waals surface area contributed by atoms with Crippen LogP contribution in [0.1, 0.15) is 12.5 Å². The lowest BCUT2D eigenvalue weighted by atomic mass is 10.2. The molecule has 0 aliphatic carbocycles. The lowest BCUT2D eigenvalue weighted by Gasteiger charge is -2.09. The van der Waals surface area contributed by atoms with E-state index >= 15 is 0 Å². The highest BCUT2D eigenvalue weighted by molar-refractivity contribution is 9.10. The molecule has 0 saturated heterocycles. The van der Waals surface area contributed by atoms with Gasteiger partial charge in [-0.15, -0.1) is 0 Å². The van der Waals surface area contributed by atoms with Gasteiger partial charge in [-0.05, 0) is 36.7 Å². The van der Waals surface area contributed by atoms with Crippen LogP contribution in [0.25, 0.3) is 0 Å². The molecule has 0 heterocycles. The Morgan fingerprint density at radius 1 is 1.50 bits per heavy atom. The van der Waals surface area contributed by atoms with Crippen molar-refractivity contribution in [2.75, 3.05) is 13.1 Å². The normalized spacial score (nSPS) is 12.8. The second kappa shape index (κ2) is 6.17. The molecule has 3 N–H and O–H groups in total. The SMILES string of the molecule is CC(CN)CNCc1cccc(Br)c1. The van der Waals surface area contributed by atoms with Gasteiger partial charge in [0.15, 0.2) is 0 Å². The van der Waals surface area contributed by atoms with Crippen LogP contribution < -0.4 is 11.1 Å². The van der Waals surface area contributed by atoms with Crippen LogP contribution in [0.5, 0.6) is 0 Å². The van der Waals surface area contributed by atoms with Crippen molar-refractivity contribution in [1.82, 2.24) is 5.32 Å². The van der Waals surface area contributed by atoms with Gasteiger partial charge in [0.05, 0.1) is 0 Å². The fourth-order valence-electron chi connectivity index (χ4n) is 1.19. The van der Waals surface area contributed by atoms with Crippen LogP contribution in [0.2, 0.25) is 0 Å². The molecule has 1 aromatic carbocycles. The summed E-state index contributed by atoms with van der Waals surface area (Å²) in [6.07, 6.45) is 0. The van der Waals surface area contributed by atoms with Gasteiger partial charge >= 0.3 is 0 Å². The third kappa shape index (κ3) is 4.22. The molecule has 0 fully saturated rings. The molecule has 14 heavy (non-hydrogen) atoms. The van der Waals surface area contributed by atoms with E-state index in [1.54, 1.807) is 0 Å². The summed E-state index contributed by atoms with van der Waals surface area (Å²) in [5, 5.41) is 3.38. The molecule has 1 atom stereocenters. The Balaban J connectivity index is 2.31. The molecule has 0 radical (unpaired) electrons. The molecule has 78 valence electrons. The predicted molar refractivity (Wildman–Crippen MR) is 64.1 cm³/mol. The Morgan fingerprint density at radius 2 is 2.29 bits per heavy atom. The Morgan fingerprint density at radius 3 is 2.93 bits per heavy atom. The van der Waals surface area contributed by atoms with E-state index in [9.17, 15) is 0 Å². The fourth-order valence-corrected chi connectivity index (χ4v) is 1.64. The van der Waals surface area contributed by atoms with Crippen LogP contribution in [0, 0.1) is 5.92 Å². The van der Waals surface area contributed by atoms with E-state index in [1.807, 2.05) is 12.1 Å². The summed E-state index contributed by atoms with van der Waals surface area (Å²) in [5.41, 5.74) is 6.82. The van der Waals surface area contributed by atoms with Gasteiger partial charge in [0, 0.05) is 11.0 Å². The molecule has 3 heteroatoms. The number of benzene rings is 1. The van der Waals surface area contributed by atoms with Gasteiger partial charge in [-0.3, -0.25) is 0 Å². The first-order valence-corrected chi connectivity index (χ1v) is 5.67. The summed E-state index contributed by atoms with van der Waals surface area (Å²) >= 11 is 3.45. The topological polar surface area (TPSA) is 38.0 Å². The summed E-state index contributed by atoms with van der Waals surface area (Å²) in [7, 11) is 0. The van der Waals surface area contributed by atoms with Crippen molar-refractivity contribution in [2.45, 2.75) is 13.5 Å². The summed E-state index contributed by atoms with van der Waals surface area (Å²) in [4.78, 5) is 0. The van der Waals surface area contributed by atoms with Crippen molar-refractivity contribution in [1.29, 1.82) is 0 Å². The van der Waals surface area contributed by atoms with E-state index in [-0.39, 0.29) is 0 Å². The van der Waals surface area contributed by atoms with Gasteiger partial charge in [-0.2, -0.15) is 0 Å². The monoisotopic (exact) mass is 256 g/mol. The zero-order chi connectivity index (χ0) is 10.4. The van der Waals surface area contributed by atoms with E-state index in [0.29, 0.717) is 5.92 Å². The van der Waals surface area contributed by atoms with Crippen molar-refractivity contribution in [3.63, 3.8) is 0 Å². The van der Waals surface area contributed by atoms with Gasteiger partial charge < -0.3 is 11.1 Å². The Bertz CT molecular complexity index is 276. The van der Waals surface area contributed by atoms with Crippen molar-refractivity contribution >= 4 is 15.9 Å². The summed E-state index contributed by atoms with van der Waals surface area (Å²) in [6.45, 7) is 4.77. The number of rotatable bonds is 5. The number of hydrogen-bond acceptors (Lipinski definition) is 2. The van der Waals surface area contributed by atoms with Gasteiger partial charge in [0.1, 0.15) is 0 Å². The van der Waals surface area contributed by atoms with Crippen molar-refractivity contribution in [3.05, 3.63) is 34.3 Å². The third-order valence-corrected chi connectivity index (χ3v) is 2.61. The molecular weight excluding hydrogens is 240 g/mol. The van der Waals surface area contributed by atoms with Gasteiger partial charge in [0.2, 0.25) is 0 Å². The summed E-state index contributed by atoms with van der Waals surface area (Å²) in [5.74, 6) is 0.544. The molecule has 0 aliphatic heterocycles. The van der Waals surface area contributed by atoms with E-state index in [2.05, 4.69) is 40.3 Å². The lowest BCUT2D eigenvalue weighted by Crippen LogP contribution is -2.25. The van der Waals surface area contributed by atoms with Gasteiger partial charge in [-0.1, -0.05) is 35.0 Å². The zero-order valence-corrected chi connectivity index (χ0v) is 10.0. The molecule has 1 rings (SSSR count). The van der Waals surface area contributed by atoms with Crippen LogP contribution in [-0.4, -0.2) is 13.1 Å².